The molecule has 170 valence electrons. The van der Waals surface area contributed by atoms with Crippen LogP contribution in [0.15, 0.2) is 73.1 Å². The molecule has 0 radical (unpaired) electrons. The number of benzene rings is 3. The van der Waals surface area contributed by atoms with Crippen LogP contribution >= 0.6 is 11.6 Å². The standard InChI is InChI=1S/C25H18ClF2N5O/c26-21-3-1-2-19(10-21)25(34)32(14-20-8-9-22(27)11-23(20)28)15-24-31-30-16-33(24)13-18-6-4-17(12-29)5-7-18/h1-11,16H,13-15H2. The SMILES string of the molecule is N#Cc1ccc(Cn2cnnc2CN(Cc2ccc(F)cc2F)C(=O)c2cccc(Cl)c2)cc1. The molecule has 3 aromatic carbocycles. The molecule has 0 fully saturated rings. The van der Waals surface area contributed by atoms with E-state index in [2.05, 4.69) is 16.3 Å². The number of carbonyl (C=O) groups excluding carboxylic acids is 1. The van der Waals surface area contributed by atoms with Crippen LogP contribution in [0.2, 0.25) is 5.02 Å². The van der Waals surface area contributed by atoms with Crippen molar-refractivity contribution in [2.75, 3.05) is 0 Å². The zero-order valence-electron chi connectivity index (χ0n) is 17.8. The van der Waals surface area contributed by atoms with Crippen molar-refractivity contribution in [1.29, 1.82) is 5.26 Å². The molecule has 0 aliphatic heterocycles. The predicted molar refractivity (Wildman–Crippen MR) is 122 cm³/mol. The van der Waals surface area contributed by atoms with Gasteiger partial charge in [0.25, 0.3) is 5.91 Å². The molecule has 0 N–H and O–H groups in total. The van der Waals surface area contributed by atoms with Crippen LogP contribution in [0.4, 0.5) is 8.78 Å². The maximum Gasteiger partial charge on any atom is 0.254 e. The molecule has 4 rings (SSSR count). The number of carbonyl (C=O) groups is 1. The van der Waals surface area contributed by atoms with Gasteiger partial charge >= 0.3 is 0 Å². The van der Waals surface area contributed by atoms with Crippen LogP contribution in [0.1, 0.15) is 32.9 Å². The Morgan fingerprint density at radius 3 is 2.56 bits per heavy atom. The van der Waals surface area contributed by atoms with Crippen LogP contribution < -0.4 is 0 Å². The summed E-state index contributed by atoms with van der Waals surface area (Å²) in [5.41, 5.74) is 1.95. The van der Waals surface area contributed by atoms with Crippen LogP contribution in [0, 0.1) is 23.0 Å². The lowest BCUT2D eigenvalue weighted by molar-refractivity contribution is 0.0722. The summed E-state index contributed by atoms with van der Waals surface area (Å²) in [4.78, 5) is 14.7. The summed E-state index contributed by atoms with van der Waals surface area (Å²) in [5.74, 6) is -1.36. The number of nitrogens with zero attached hydrogens (tertiary/aromatic N) is 5. The van der Waals surface area contributed by atoms with Gasteiger partial charge in [-0.15, -0.1) is 10.2 Å². The van der Waals surface area contributed by atoms with E-state index in [1.165, 1.54) is 23.4 Å². The summed E-state index contributed by atoms with van der Waals surface area (Å²) in [6.07, 6.45) is 1.54. The van der Waals surface area contributed by atoms with Crippen LogP contribution in [-0.4, -0.2) is 25.6 Å². The Kier molecular flexibility index (Phi) is 6.95. The van der Waals surface area contributed by atoms with Gasteiger partial charge in [-0.2, -0.15) is 5.26 Å². The van der Waals surface area contributed by atoms with Crippen LogP contribution in [-0.2, 0) is 19.6 Å². The molecular weight excluding hydrogens is 460 g/mol. The lowest BCUT2D eigenvalue weighted by atomic mass is 10.1. The monoisotopic (exact) mass is 477 g/mol. The molecule has 1 heterocycles. The molecule has 0 aliphatic carbocycles. The highest BCUT2D eigenvalue weighted by molar-refractivity contribution is 6.30. The van der Waals surface area contributed by atoms with Crippen molar-refractivity contribution in [2.45, 2.75) is 19.6 Å². The Balaban J connectivity index is 1.62. The predicted octanol–water partition coefficient (Wildman–Crippen LogP) is 4.97. The van der Waals surface area contributed by atoms with E-state index in [9.17, 15) is 13.6 Å². The molecule has 0 bridgehead atoms. The highest BCUT2D eigenvalue weighted by atomic mass is 35.5. The van der Waals surface area contributed by atoms with Gasteiger partial charge in [-0.25, -0.2) is 8.78 Å². The first kappa shape index (κ1) is 23.1. The molecule has 0 atom stereocenters. The lowest BCUT2D eigenvalue weighted by Crippen LogP contribution is -2.31. The highest BCUT2D eigenvalue weighted by Crippen LogP contribution is 2.19. The zero-order valence-corrected chi connectivity index (χ0v) is 18.6. The minimum atomic E-state index is -0.747. The minimum Gasteiger partial charge on any atom is -0.327 e. The number of halogens is 3. The van der Waals surface area contributed by atoms with Gasteiger partial charge in [-0.3, -0.25) is 4.79 Å². The van der Waals surface area contributed by atoms with Gasteiger partial charge in [0.2, 0.25) is 0 Å². The van der Waals surface area contributed by atoms with E-state index in [4.69, 9.17) is 16.9 Å². The van der Waals surface area contributed by atoms with Crippen molar-refractivity contribution in [3.63, 3.8) is 0 Å². The minimum absolute atomic E-state index is 0.0262. The van der Waals surface area contributed by atoms with Crippen molar-refractivity contribution in [3.05, 3.63) is 118 Å². The Morgan fingerprint density at radius 1 is 1.06 bits per heavy atom. The molecular formula is C25H18ClF2N5O. The van der Waals surface area contributed by atoms with E-state index >= 15 is 0 Å². The number of rotatable bonds is 7. The Bertz CT molecular complexity index is 1360. The van der Waals surface area contributed by atoms with Crippen LogP contribution in [0.5, 0.6) is 0 Å². The number of nitriles is 1. The quantitative estimate of drug-likeness (QED) is 0.376. The van der Waals surface area contributed by atoms with Crippen molar-refractivity contribution in [1.82, 2.24) is 19.7 Å². The molecule has 0 aliphatic rings. The Morgan fingerprint density at radius 2 is 1.85 bits per heavy atom. The topological polar surface area (TPSA) is 74.8 Å². The van der Waals surface area contributed by atoms with Crippen LogP contribution in [0.25, 0.3) is 0 Å². The van der Waals surface area contributed by atoms with Gasteiger partial charge < -0.3 is 9.47 Å². The van der Waals surface area contributed by atoms with Crippen LogP contribution in [0.3, 0.4) is 0 Å². The van der Waals surface area contributed by atoms with Gasteiger partial charge in [-0.05, 0) is 42.0 Å². The molecule has 34 heavy (non-hydrogen) atoms. The van der Waals surface area contributed by atoms with Crippen molar-refractivity contribution < 1.29 is 13.6 Å². The fraction of sp³-hybridized carbons (Fsp3) is 0.120. The average Bonchev–Trinajstić information content (AvgIpc) is 3.26. The normalized spacial score (nSPS) is 10.6. The summed E-state index contributed by atoms with van der Waals surface area (Å²) >= 11 is 6.06. The average molecular weight is 478 g/mol. The van der Waals surface area contributed by atoms with E-state index in [0.717, 1.165) is 17.7 Å². The zero-order chi connectivity index (χ0) is 24.1. The number of amides is 1. The third-order valence-corrected chi connectivity index (χ3v) is 5.43. The second-order valence-corrected chi connectivity index (χ2v) is 8.03. The Hall–Kier alpha value is -4.09. The molecule has 0 saturated carbocycles. The summed E-state index contributed by atoms with van der Waals surface area (Å²) in [7, 11) is 0. The third-order valence-electron chi connectivity index (χ3n) is 5.20. The molecule has 4 aromatic rings. The first-order valence-corrected chi connectivity index (χ1v) is 10.6. The summed E-state index contributed by atoms with van der Waals surface area (Å²) < 4.78 is 29.5. The third kappa shape index (κ3) is 5.45. The van der Waals surface area contributed by atoms with E-state index in [1.54, 1.807) is 34.9 Å². The number of hydrogen-bond acceptors (Lipinski definition) is 4. The van der Waals surface area contributed by atoms with Crippen molar-refractivity contribution in [3.8, 4) is 6.07 Å². The van der Waals surface area contributed by atoms with Gasteiger partial charge in [0.1, 0.15) is 18.0 Å². The maximum absolute atomic E-state index is 14.4. The summed E-state index contributed by atoms with van der Waals surface area (Å²) in [6.45, 7) is 0.331. The number of aromatic nitrogens is 3. The molecule has 0 saturated heterocycles. The first-order valence-electron chi connectivity index (χ1n) is 10.3. The second-order valence-electron chi connectivity index (χ2n) is 7.59. The fourth-order valence-corrected chi connectivity index (χ4v) is 3.63. The van der Waals surface area contributed by atoms with Gasteiger partial charge in [0.05, 0.1) is 24.7 Å². The first-order chi connectivity index (χ1) is 16.4. The fourth-order valence-electron chi connectivity index (χ4n) is 3.44. The molecule has 0 unspecified atom stereocenters. The lowest BCUT2D eigenvalue weighted by Gasteiger charge is -2.23. The van der Waals surface area contributed by atoms with Crippen molar-refractivity contribution in [2.24, 2.45) is 0 Å². The summed E-state index contributed by atoms with van der Waals surface area (Å²) in [5, 5.41) is 17.5. The second kappa shape index (κ2) is 10.2. The largest absolute Gasteiger partial charge is 0.327 e. The molecule has 6 nitrogen and oxygen atoms in total. The van der Waals surface area contributed by atoms with E-state index in [-0.39, 0.29) is 24.6 Å². The van der Waals surface area contributed by atoms with Gasteiger partial charge in [0.15, 0.2) is 5.82 Å². The number of hydrogen-bond donors (Lipinski definition) is 0. The van der Waals surface area contributed by atoms with E-state index in [0.29, 0.717) is 28.5 Å². The Labute approximate surface area is 199 Å². The molecule has 0 spiro atoms. The smallest absolute Gasteiger partial charge is 0.254 e. The van der Waals surface area contributed by atoms with Gasteiger partial charge in [-0.1, -0.05) is 35.9 Å². The van der Waals surface area contributed by atoms with Crippen molar-refractivity contribution >= 4 is 17.5 Å². The molecule has 9 heteroatoms. The molecule has 1 amide bonds. The maximum atomic E-state index is 14.4. The summed E-state index contributed by atoms with van der Waals surface area (Å²) in [6, 6.07) is 18.8. The van der Waals surface area contributed by atoms with E-state index in [1.807, 2.05) is 12.1 Å². The van der Waals surface area contributed by atoms with Gasteiger partial charge in [0, 0.05) is 28.8 Å². The molecule has 1 aromatic heterocycles. The van der Waals surface area contributed by atoms with E-state index < -0.39 is 11.6 Å². The highest BCUT2D eigenvalue weighted by Gasteiger charge is 2.21.